The molecule has 0 saturated carbocycles. The van der Waals surface area contributed by atoms with Gasteiger partial charge in [-0.1, -0.05) is 0 Å². The summed E-state index contributed by atoms with van der Waals surface area (Å²) in [5.41, 5.74) is 1.13. The molecule has 208 valence electrons. The van der Waals surface area contributed by atoms with Gasteiger partial charge in [-0.15, -0.1) is 0 Å². The van der Waals surface area contributed by atoms with Crippen LogP contribution in [0.5, 0.6) is 0 Å². The van der Waals surface area contributed by atoms with Crippen LogP contribution in [-0.2, 0) is 16.6 Å². The van der Waals surface area contributed by atoms with Crippen LogP contribution >= 0.6 is 0 Å². The van der Waals surface area contributed by atoms with Crippen molar-refractivity contribution in [2.24, 2.45) is 0 Å². The summed E-state index contributed by atoms with van der Waals surface area (Å²) in [6.45, 7) is 0. The van der Waals surface area contributed by atoms with E-state index in [9.17, 15) is 26.3 Å². The summed E-state index contributed by atoms with van der Waals surface area (Å²) in [7, 11) is 0. The fourth-order valence-corrected chi connectivity index (χ4v) is 15.7. The standard InChI is InChI=1S/2C9H7.2C6F5.Ti/c2*1-2-5-9-7-3-6-8(9)4-1;2*7-2-1-3(8)5(10)6(11)4(2)9;/h2*1-7H;;;. The predicted octanol–water partition coefficient (Wildman–Crippen LogP) is 7.72. The van der Waals surface area contributed by atoms with Crippen molar-refractivity contribution in [3.63, 3.8) is 0 Å². The summed E-state index contributed by atoms with van der Waals surface area (Å²) in [6.07, 6.45) is 5.39. The second kappa shape index (κ2) is 9.74. The van der Waals surface area contributed by atoms with Crippen LogP contribution in [0.3, 0.4) is 0 Å². The maximum atomic E-state index is 16.0. The zero-order chi connectivity index (χ0) is 29.4. The van der Waals surface area contributed by atoms with Gasteiger partial charge in [0.05, 0.1) is 0 Å². The summed E-state index contributed by atoms with van der Waals surface area (Å²) < 4.78 is 146. The van der Waals surface area contributed by atoms with Crippen molar-refractivity contribution < 1.29 is 60.5 Å². The molecule has 2 unspecified atom stereocenters. The first-order valence-corrected chi connectivity index (χ1v) is 15.5. The Hall–Kier alpha value is -3.63. The summed E-state index contributed by atoms with van der Waals surface area (Å²) >= 11 is -6.33. The number of hydrogen-bond acceptors (Lipinski definition) is 0. The van der Waals surface area contributed by atoms with Crippen molar-refractivity contribution in [3.8, 4) is 0 Å². The van der Waals surface area contributed by atoms with Gasteiger partial charge in [0.1, 0.15) is 0 Å². The van der Waals surface area contributed by atoms with Crippen LogP contribution < -0.4 is 7.74 Å². The van der Waals surface area contributed by atoms with Crippen LogP contribution in [0.2, 0.25) is 0 Å². The fraction of sp³-hybridized carbons (Fsp3) is 0.0667. The van der Waals surface area contributed by atoms with Gasteiger partial charge >= 0.3 is 230 Å². The third kappa shape index (κ3) is 3.66. The van der Waals surface area contributed by atoms with Gasteiger partial charge in [-0.25, -0.2) is 0 Å². The summed E-state index contributed by atoms with van der Waals surface area (Å²) in [4.78, 5) is 0. The van der Waals surface area contributed by atoms with E-state index in [1.54, 1.807) is 12.1 Å². The zero-order valence-electron chi connectivity index (χ0n) is 20.4. The molecule has 0 nitrogen and oxygen atoms in total. The quantitative estimate of drug-likeness (QED) is 0.0959. The molecule has 0 fully saturated rings. The Morgan fingerprint density at radius 3 is 1.02 bits per heavy atom. The number of halogens is 10. The molecular formula is C30H14F10Ti. The SMILES string of the molecule is Fc1c(F)c(F)[c]([Ti]([c]2c(F)c(F)c(F)c(F)c2F)([CH]2C=Cc3ccccc32)[CH]2C=Cc3ccccc32)c(F)c1F. The third-order valence-electron chi connectivity index (χ3n) is 7.83. The molecule has 2 aliphatic carbocycles. The predicted molar refractivity (Wildman–Crippen MR) is 128 cm³/mol. The average Bonchev–Trinajstić information content (AvgIpc) is 3.61. The van der Waals surface area contributed by atoms with E-state index in [0.29, 0.717) is 11.1 Å². The molecule has 0 N–H and O–H groups in total. The molecule has 4 aromatic rings. The Morgan fingerprint density at radius 1 is 0.390 bits per heavy atom. The third-order valence-corrected chi connectivity index (χ3v) is 16.4. The summed E-state index contributed by atoms with van der Waals surface area (Å²) in [5.74, 6) is -24.2. The van der Waals surface area contributed by atoms with Crippen LogP contribution in [0.1, 0.15) is 30.7 Å². The van der Waals surface area contributed by atoms with Crippen LogP contribution in [0.4, 0.5) is 43.9 Å². The van der Waals surface area contributed by atoms with Gasteiger partial charge in [-0.05, 0) is 0 Å². The number of allylic oxidation sites excluding steroid dienone is 2. The maximum absolute atomic E-state index is 16.0. The van der Waals surface area contributed by atoms with Gasteiger partial charge < -0.3 is 0 Å². The minimum absolute atomic E-state index is 0.179. The van der Waals surface area contributed by atoms with Crippen LogP contribution in [-0.4, -0.2) is 0 Å². The van der Waals surface area contributed by atoms with E-state index in [2.05, 4.69) is 0 Å². The van der Waals surface area contributed by atoms with E-state index in [4.69, 9.17) is 0 Å². The first-order chi connectivity index (χ1) is 19.5. The minimum atomic E-state index is -6.33. The number of hydrogen-bond donors (Lipinski definition) is 0. The molecule has 2 aliphatic rings. The Kier molecular flexibility index (Phi) is 6.54. The van der Waals surface area contributed by atoms with E-state index in [1.807, 2.05) is 0 Å². The molecular weight excluding hydrogens is 598 g/mol. The summed E-state index contributed by atoms with van der Waals surface area (Å²) in [5, 5.41) is 0. The Labute approximate surface area is 229 Å². The normalized spacial score (nSPS) is 17.3. The van der Waals surface area contributed by atoms with Gasteiger partial charge in [-0.2, -0.15) is 0 Å². The summed E-state index contributed by atoms with van der Waals surface area (Å²) in [6, 6.07) is 12.0. The van der Waals surface area contributed by atoms with Crippen molar-refractivity contribution in [2.45, 2.75) is 8.45 Å². The molecule has 0 aromatic heterocycles. The topological polar surface area (TPSA) is 0 Å². The van der Waals surface area contributed by atoms with Gasteiger partial charge in [0, 0.05) is 0 Å². The molecule has 0 radical (unpaired) electrons. The molecule has 4 aromatic carbocycles. The van der Waals surface area contributed by atoms with Gasteiger partial charge in [-0.3, -0.25) is 0 Å². The van der Waals surface area contributed by atoms with Crippen LogP contribution in [0, 0.1) is 58.2 Å². The first-order valence-electron chi connectivity index (χ1n) is 12.1. The van der Waals surface area contributed by atoms with Gasteiger partial charge in [0.15, 0.2) is 0 Å². The molecule has 0 bridgehead atoms. The second-order valence-corrected chi connectivity index (χ2v) is 15.9. The molecule has 0 heterocycles. The molecule has 6 rings (SSSR count). The van der Waals surface area contributed by atoms with E-state index in [-0.39, 0.29) is 11.1 Å². The van der Waals surface area contributed by atoms with E-state index in [0.717, 1.165) is 0 Å². The average molecular weight is 612 g/mol. The van der Waals surface area contributed by atoms with Crippen molar-refractivity contribution in [2.75, 3.05) is 0 Å². The van der Waals surface area contributed by atoms with Crippen LogP contribution in [0.25, 0.3) is 12.2 Å². The molecule has 0 saturated heterocycles. The van der Waals surface area contributed by atoms with Crippen molar-refractivity contribution in [3.05, 3.63) is 141 Å². The molecule has 41 heavy (non-hydrogen) atoms. The van der Waals surface area contributed by atoms with Gasteiger partial charge in [0.2, 0.25) is 0 Å². The Morgan fingerprint density at radius 2 is 0.683 bits per heavy atom. The Balaban J connectivity index is 1.91. The van der Waals surface area contributed by atoms with E-state index >= 15 is 17.6 Å². The number of rotatable bonds is 4. The van der Waals surface area contributed by atoms with Crippen molar-refractivity contribution >= 4 is 19.9 Å². The van der Waals surface area contributed by atoms with Crippen LogP contribution in [0.15, 0.2) is 60.7 Å². The van der Waals surface area contributed by atoms with E-state index in [1.165, 1.54) is 60.7 Å². The molecule has 0 spiro atoms. The monoisotopic (exact) mass is 612 g/mol. The fourth-order valence-electron chi connectivity index (χ4n) is 6.17. The molecule has 0 aliphatic heterocycles. The Bertz CT molecular complexity index is 1640. The number of benzene rings is 4. The van der Waals surface area contributed by atoms with Crippen molar-refractivity contribution in [1.82, 2.24) is 0 Å². The van der Waals surface area contributed by atoms with Crippen molar-refractivity contribution in [1.29, 1.82) is 0 Å². The number of fused-ring (bicyclic) bond motifs is 2. The molecule has 0 amide bonds. The van der Waals surface area contributed by atoms with Gasteiger partial charge in [0.25, 0.3) is 0 Å². The molecule has 11 heteroatoms. The van der Waals surface area contributed by atoms with E-state index < -0.39 is 90.9 Å². The second-order valence-electron chi connectivity index (χ2n) is 9.69. The zero-order valence-corrected chi connectivity index (χ0v) is 21.9. The first kappa shape index (κ1) is 27.5. The molecule has 2 atom stereocenters.